The molecule has 0 spiro atoms. The molecule has 96 valence electrons. The number of benzene rings is 1. The molecule has 0 saturated heterocycles. The van der Waals surface area contributed by atoms with E-state index in [9.17, 15) is 17.2 Å². The molecule has 0 aliphatic heterocycles. The summed E-state index contributed by atoms with van der Waals surface area (Å²) in [7, 11) is -2.85. The van der Waals surface area contributed by atoms with E-state index in [1.165, 1.54) is 0 Å². The van der Waals surface area contributed by atoms with Gasteiger partial charge in [0.15, 0.2) is 11.6 Å². The van der Waals surface area contributed by atoms with E-state index in [2.05, 4.69) is 5.32 Å². The van der Waals surface area contributed by atoms with Gasteiger partial charge in [0.1, 0.15) is 4.90 Å². The minimum absolute atomic E-state index is 0.278. The Morgan fingerprint density at radius 3 is 2.47 bits per heavy atom. The number of rotatable bonds is 5. The molecule has 0 amide bonds. The Bertz CT molecular complexity index is 503. The van der Waals surface area contributed by atoms with Crippen LogP contribution in [-0.2, 0) is 16.6 Å². The van der Waals surface area contributed by atoms with E-state index in [1.54, 1.807) is 0 Å². The first kappa shape index (κ1) is 14.0. The van der Waals surface area contributed by atoms with E-state index in [0.717, 1.165) is 19.2 Å². The highest BCUT2D eigenvalue weighted by atomic mass is 32.2. The lowest BCUT2D eigenvalue weighted by Gasteiger charge is -2.08. The second-order valence-electron chi connectivity index (χ2n) is 3.38. The van der Waals surface area contributed by atoms with Gasteiger partial charge in [0.25, 0.3) is 0 Å². The number of halogens is 2. The predicted molar refractivity (Wildman–Crippen MR) is 60.0 cm³/mol. The highest BCUT2D eigenvalue weighted by Gasteiger charge is 2.21. The summed E-state index contributed by atoms with van der Waals surface area (Å²) >= 11 is 0. The van der Waals surface area contributed by atoms with Gasteiger partial charge >= 0.3 is 0 Å². The Kier molecular flexibility index (Phi) is 4.55. The molecule has 1 aromatic carbocycles. The molecule has 0 bridgehead atoms. The highest BCUT2D eigenvalue weighted by molar-refractivity contribution is 7.89. The van der Waals surface area contributed by atoms with Gasteiger partial charge in [0, 0.05) is 6.54 Å². The summed E-state index contributed by atoms with van der Waals surface area (Å²) in [6.07, 6.45) is 0. The van der Waals surface area contributed by atoms with E-state index in [-0.39, 0.29) is 6.54 Å². The number of nitrogens with one attached hydrogen (secondary N) is 2. The van der Waals surface area contributed by atoms with Crippen LogP contribution in [-0.4, -0.2) is 22.0 Å². The van der Waals surface area contributed by atoms with E-state index in [0.29, 0.717) is 12.1 Å². The molecule has 4 nitrogen and oxygen atoms in total. The van der Waals surface area contributed by atoms with Crippen LogP contribution in [0.2, 0.25) is 0 Å². The molecule has 0 heterocycles. The van der Waals surface area contributed by atoms with Crippen LogP contribution in [0.3, 0.4) is 0 Å². The molecule has 17 heavy (non-hydrogen) atoms. The summed E-state index contributed by atoms with van der Waals surface area (Å²) in [6.45, 7) is 2.78. The molecule has 0 atom stereocenters. The fraction of sp³-hybridized carbons (Fsp3) is 0.400. The molecule has 0 aliphatic carbocycles. The van der Waals surface area contributed by atoms with Crippen molar-refractivity contribution >= 4 is 10.0 Å². The molecule has 0 aliphatic rings. The summed E-state index contributed by atoms with van der Waals surface area (Å²) < 4.78 is 51.5. The second-order valence-corrected chi connectivity index (χ2v) is 5.23. The first-order chi connectivity index (χ1) is 7.92. The first-order valence-electron chi connectivity index (χ1n) is 5.04. The van der Waals surface area contributed by atoms with Crippen molar-refractivity contribution in [2.45, 2.75) is 18.4 Å². The molecule has 7 heteroatoms. The minimum Gasteiger partial charge on any atom is -0.313 e. The molecular formula is C10H14F2N2O2S. The van der Waals surface area contributed by atoms with Crippen LogP contribution in [0.15, 0.2) is 17.0 Å². The average molecular weight is 264 g/mol. The van der Waals surface area contributed by atoms with Crippen molar-refractivity contribution in [1.29, 1.82) is 0 Å². The van der Waals surface area contributed by atoms with Crippen LogP contribution in [0, 0.1) is 11.6 Å². The maximum Gasteiger partial charge on any atom is 0.243 e. The lowest BCUT2D eigenvalue weighted by molar-refractivity contribution is 0.481. The van der Waals surface area contributed by atoms with Gasteiger partial charge in [-0.1, -0.05) is 6.92 Å². The SMILES string of the molecule is CCNCc1cc(F)c(F)c(S(=O)(=O)NC)c1. The van der Waals surface area contributed by atoms with Crippen molar-refractivity contribution in [2.75, 3.05) is 13.6 Å². The Morgan fingerprint density at radius 1 is 1.29 bits per heavy atom. The zero-order valence-corrected chi connectivity index (χ0v) is 10.4. The predicted octanol–water partition coefficient (Wildman–Crippen LogP) is 0.982. The van der Waals surface area contributed by atoms with Gasteiger partial charge in [-0.3, -0.25) is 0 Å². The van der Waals surface area contributed by atoms with E-state index < -0.39 is 26.6 Å². The Hall–Kier alpha value is -1.05. The molecule has 2 N–H and O–H groups in total. The zero-order chi connectivity index (χ0) is 13.1. The van der Waals surface area contributed by atoms with Gasteiger partial charge in [-0.2, -0.15) is 0 Å². The van der Waals surface area contributed by atoms with Crippen molar-refractivity contribution in [2.24, 2.45) is 0 Å². The third-order valence-electron chi connectivity index (χ3n) is 2.19. The summed E-state index contributed by atoms with van der Waals surface area (Å²) in [5, 5.41) is 2.90. The van der Waals surface area contributed by atoms with Crippen molar-refractivity contribution in [1.82, 2.24) is 10.0 Å². The largest absolute Gasteiger partial charge is 0.313 e. The first-order valence-corrected chi connectivity index (χ1v) is 6.53. The standard InChI is InChI=1S/C10H14F2N2O2S/c1-3-14-6-7-4-8(11)10(12)9(5-7)17(15,16)13-2/h4-5,13-14H,3,6H2,1-2H3. The normalized spacial score (nSPS) is 11.8. The fourth-order valence-electron chi connectivity index (χ4n) is 1.29. The van der Waals surface area contributed by atoms with Crippen LogP contribution in [0.25, 0.3) is 0 Å². The van der Waals surface area contributed by atoms with Crippen LogP contribution in [0.4, 0.5) is 8.78 Å². The summed E-state index contributed by atoms with van der Waals surface area (Å²) in [5.74, 6) is -2.53. The lowest BCUT2D eigenvalue weighted by atomic mass is 10.2. The van der Waals surface area contributed by atoms with Crippen LogP contribution >= 0.6 is 0 Å². The summed E-state index contributed by atoms with van der Waals surface area (Å²) in [5.41, 5.74) is 0.375. The molecule has 1 aromatic rings. The van der Waals surface area contributed by atoms with Crippen LogP contribution in [0.1, 0.15) is 12.5 Å². The molecule has 1 rings (SSSR count). The van der Waals surface area contributed by atoms with Crippen LogP contribution in [0.5, 0.6) is 0 Å². The van der Waals surface area contributed by atoms with Crippen LogP contribution < -0.4 is 10.0 Å². The number of hydrogen-bond acceptors (Lipinski definition) is 3. The molecule has 0 unspecified atom stereocenters. The van der Waals surface area contributed by atoms with Crippen molar-refractivity contribution in [3.05, 3.63) is 29.3 Å². The molecule has 0 saturated carbocycles. The Morgan fingerprint density at radius 2 is 1.94 bits per heavy atom. The Labute approximate surface area is 99.1 Å². The minimum atomic E-state index is -3.99. The van der Waals surface area contributed by atoms with Gasteiger partial charge in [-0.05, 0) is 31.3 Å². The van der Waals surface area contributed by atoms with Gasteiger partial charge in [-0.25, -0.2) is 21.9 Å². The van der Waals surface area contributed by atoms with Gasteiger partial charge in [-0.15, -0.1) is 0 Å². The third kappa shape index (κ3) is 3.21. The lowest BCUT2D eigenvalue weighted by Crippen LogP contribution is -2.21. The smallest absolute Gasteiger partial charge is 0.243 e. The monoisotopic (exact) mass is 264 g/mol. The average Bonchev–Trinajstić information content (AvgIpc) is 2.30. The number of hydrogen-bond donors (Lipinski definition) is 2. The summed E-state index contributed by atoms with van der Waals surface area (Å²) in [4.78, 5) is -0.673. The summed E-state index contributed by atoms with van der Waals surface area (Å²) in [6, 6.07) is 2.10. The van der Waals surface area contributed by atoms with E-state index in [1.807, 2.05) is 11.6 Å². The maximum atomic E-state index is 13.4. The van der Waals surface area contributed by atoms with Crippen molar-refractivity contribution in [3.63, 3.8) is 0 Å². The quantitative estimate of drug-likeness (QED) is 0.833. The molecule has 0 aromatic heterocycles. The molecular weight excluding hydrogens is 250 g/mol. The number of sulfonamides is 1. The fourth-order valence-corrected chi connectivity index (χ4v) is 2.15. The van der Waals surface area contributed by atoms with Crippen molar-refractivity contribution < 1.29 is 17.2 Å². The highest BCUT2D eigenvalue weighted by Crippen LogP contribution is 2.19. The van der Waals surface area contributed by atoms with Gasteiger partial charge in [0.2, 0.25) is 10.0 Å². The Balaban J connectivity index is 3.25. The zero-order valence-electron chi connectivity index (χ0n) is 9.55. The van der Waals surface area contributed by atoms with Gasteiger partial charge < -0.3 is 5.32 Å². The van der Waals surface area contributed by atoms with E-state index >= 15 is 0 Å². The molecule has 0 fully saturated rings. The maximum absolute atomic E-state index is 13.4. The second kappa shape index (κ2) is 5.52. The van der Waals surface area contributed by atoms with Crippen molar-refractivity contribution in [3.8, 4) is 0 Å². The van der Waals surface area contributed by atoms with E-state index in [4.69, 9.17) is 0 Å². The topological polar surface area (TPSA) is 58.2 Å². The van der Waals surface area contributed by atoms with Gasteiger partial charge in [0.05, 0.1) is 0 Å². The molecule has 0 radical (unpaired) electrons. The third-order valence-corrected chi connectivity index (χ3v) is 3.61.